The Bertz CT molecular complexity index is 835. The molecule has 2 saturated heterocycles. The normalized spacial score (nSPS) is 17.4. The summed E-state index contributed by atoms with van der Waals surface area (Å²) in [6.07, 6.45) is 3.55. The van der Waals surface area contributed by atoms with Gasteiger partial charge in [0.05, 0.1) is 11.1 Å². The van der Waals surface area contributed by atoms with Crippen LogP contribution in [-0.4, -0.2) is 76.7 Å². The number of nitrogens with zero attached hydrogens (tertiary/aromatic N) is 4. The quantitative estimate of drug-likeness (QED) is 0.715. The first-order valence-corrected chi connectivity index (χ1v) is 10.7. The van der Waals surface area contributed by atoms with Crippen molar-refractivity contribution in [3.05, 3.63) is 28.6 Å². The van der Waals surface area contributed by atoms with Crippen LogP contribution in [0.15, 0.2) is 23.7 Å². The van der Waals surface area contributed by atoms with Crippen LogP contribution in [0.25, 0.3) is 9.88 Å². The van der Waals surface area contributed by atoms with Gasteiger partial charge in [-0.25, -0.2) is 4.98 Å². The third-order valence-electron chi connectivity index (χ3n) is 4.88. The number of rotatable bonds is 2. The maximum atomic E-state index is 12.7. The molecule has 0 atom stereocenters. The second-order valence-corrected chi connectivity index (χ2v) is 8.57. The highest BCUT2D eigenvalue weighted by Crippen LogP contribution is 2.29. The molecule has 2 aliphatic rings. The van der Waals surface area contributed by atoms with Crippen molar-refractivity contribution in [3.63, 3.8) is 0 Å². The number of likely N-dealkylation sites (tertiary alicyclic amines) is 1. The van der Waals surface area contributed by atoms with E-state index in [1.807, 2.05) is 17.5 Å². The van der Waals surface area contributed by atoms with Crippen LogP contribution in [0.1, 0.15) is 22.5 Å². The van der Waals surface area contributed by atoms with Gasteiger partial charge in [-0.2, -0.15) is 0 Å². The Labute approximate surface area is 165 Å². The number of thiazole rings is 1. The van der Waals surface area contributed by atoms with Crippen molar-refractivity contribution in [1.29, 1.82) is 0 Å². The second kappa shape index (κ2) is 7.77. The van der Waals surface area contributed by atoms with Gasteiger partial charge in [-0.15, -0.1) is 22.7 Å². The maximum absolute atomic E-state index is 12.7. The zero-order valence-electron chi connectivity index (χ0n) is 14.8. The number of hydrogen-bond donors (Lipinski definition) is 0. The summed E-state index contributed by atoms with van der Waals surface area (Å²) < 4.78 is 0. The number of carbonyl (C=O) groups excluding carboxylic acids is 3. The molecule has 0 saturated carbocycles. The molecule has 0 radical (unpaired) electrons. The van der Waals surface area contributed by atoms with Crippen LogP contribution in [0.2, 0.25) is 0 Å². The van der Waals surface area contributed by atoms with E-state index in [-0.39, 0.29) is 5.91 Å². The molecule has 2 aliphatic heterocycles. The number of aromatic nitrogens is 1. The molecule has 0 bridgehead atoms. The molecule has 9 heteroatoms. The van der Waals surface area contributed by atoms with Crippen LogP contribution in [0.3, 0.4) is 0 Å². The second-order valence-electron chi connectivity index (χ2n) is 6.59. The van der Waals surface area contributed by atoms with E-state index in [1.165, 1.54) is 11.3 Å². The minimum absolute atomic E-state index is 0.0618. The number of hydrogen-bond acceptors (Lipinski definition) is 6. The molecule has 0 aromatic carbocycles. The summed E-state index contributed by atoms with van der Waals surface area (Å²) in [6, 6.07) is 3.95. The molecular weight excluding hydrogens is 384 g/mol. The molecule has 2 aromatic heterocycles. The van der Waals surface area contributed by atoms with Gasteiger partial charge in [-0.05, 0) is 24.3 Å². The molecule has 7 nitrogen and oxygen atoms in total. The Morgan fingerprint density at radius 2 is 1.52 bits per heavy atom. The molecule has 0 spiro atoms. The van der Waals surface area contributed by atoms with E-state index < -0.39 is 11.8 Å². The molecule has 3 amide bonds. The minimum atomic E-state index is -0.443. The number of piperazine rings is 1. The minimum Gasteiger partial charge on any atom is -0.334 e. The smallest absolute Gasteiger partial charge is 0.312 e. The van der Waals surface area contributed by atoms with Gasteiger partial charge in [-0.1, -0.05) is 6.07 Å². The third kappa shape index (κ3) is 3.74. The Balaban J connectivity index is 1.34. The van der Waals surface area contributed by atoms with E-state index in [4.69, 9.17) is 0 Å². The van der Waals surface area contributed by atoms with Crippen molar-refractivity contribution in [1.82, 2.24) is 19.7 Å². The first-order valence-electron chi connectivity index (χ1n) is 9.00. The van der Waals surface area contributed by atoms with Gasteiger partial charge in [0, 0.05) is 39.3 Å². The van der Waals surface area contributed by atoms with Gasteiger partial charge < -0.3 is 14.7 Å². The van der Waals surface area contributed by atoms with Gasteiger partial charge in [0.25, 0.3) is 5.91 Å². The van der Waals surface area contributed by atoms with Crippen LogP contribution >= 0.6 is 22.7 Å². The summed E-state index contributed by atoms with van der Waals surface area (Å²) in [5.74, 6) is -0.912. The fraction of sp³-hybridized carbons (Fsp3) is 0.444. The van der Waals surface area contributed by atoms with Gasteiger partial charge in [0.15, 0.2) is 0 Å². The molecule has 27 heavy (non-hydrogen) atoms. The van der Waals surface area contributed by atoms with Crippen LogP contribution < -0.4 is 0 Å². The molecule has 0 unspecified atom stereocenters. The molecule has 2 fully saturated rings. The third-order valence-corrected chi connectivity index (χ3v) is 6.90. The van der Waals surface area contributed by atoms with E-state index in [0.29, 0.717) is 44.1 Å². The highest BCUT2D eigenvalue weighted by Gasteiger charge is 2.32. The molecular formula is C18H20N4O3S2. The Morgan fingerprint density at radius 1 is 0.889 bits per heavy atom. The lowest BCUT2D eigenvalue weighted by Crippen LogP contribution is -2.54. The summed E-state index contributed by atoms with van der Waals surface area (Å²) >= 11 is 2.98. The lowest BCUT2D eigenvalue weighted by molar-refractivity contribution is -0.152. The van der Waals surface area contributed by atoms with Crippen molar-refractivity contribution in [2.45, 2.75) is 12.8 Å². The van der Waals surface area contributed by atoms with Crippen LogP contribution in [0.5, 0.6) is 0 Å². The predicted molar refractivity (Wildman–Crippen MR) is 104 cm³/mol. The molecule has 4 heterocycles. The standard InChI is InChI=1S/C18H20N4O3S2/c23-16(14-12-19-15(27-14)13-4-3-11-26-13)21-7-9-22(10-8-21)18(25)17(24)20-5-1-2-6-20/h3-4,11-12H,1-2,5-10H2. The Kier molecular flexibility index (Phi) is 5.22. The highest BCUT2D eigenvalue weighted by atomic mass is 32.1. The summed E-state index contributed by atoms with van der Waals surface area (Å²) in [5.41, 5.74) is 0. The van der Waals surface area contributed by atoms with Gasteiger partial charge in [0.2, 0.25) is 0 Å². The fourth-order valence-electron chi connectivity index (χ4n) is 3.35. The summed E-state index contributed by atoms with van der Waals surface area (Å²) in [5, 5.41) is 2.83. The topological polar surface area (TPSA) is 73.8 Å². The summed E-state index contributed by atoms with van der Waals surface area (Å²) in [4.78, 5) is 48.3. The fourth-order valence-corrected chi connectivity index (χ4v) is 5.03. The zero-order valence-corrected chi connectivity index (χ0v) is 16.4. The van der Waals surface area contributed by atoms with Crippen LogP contribution in [-0.2, 0) is 9.59 Å². The summed E-state index contributed by atoms with van der Waals surface area (Å²) in [7, 11) is 0. The van der Waals surface area contributed by atoms with Gasteiger partial charge >= 0.3 is 11.8 Å². The monoisotopic (exact) mass is 404 g/mol. The average molecular weight is 405 g/mol. The van der Waals surface area contributed by atoms with Crippen molar-refractivity contribution < 1.29 is 14.4 Å². The number of carbonyl (C=O) groups is 3. The maximum Gasteiger partial charge on any atom is 0.312 e. The molecule has 4 rings (SSSR count). The Morgan fingerprint density at radius 3 is 2.15 bits per heavy atom. The largest absolute Gasteiger partial charge is 0.334 e. The van der Waals surface area contributed by atoms with E-state index in [9.17, 15) is 14.4 Å². The first kappa shape index (κ1) is 18.1. The van der Waals surface area contributed by atoms with Crippen LogP contribution in [0, 0.1) is 0 Å². The van der Waals surface area contributed by atoms with Gasteiger partial charge in [0.1, 0.15) is 9.88 Å². The number of amides is 3. The molecule has 2 aromatic rings. The SMILES string of the molecule is O=C(C(=O)N1CCN(C(=O)c2cnc(-c3cccs3)s2)CC1)N1CCCC1. The lowest BCUT2D eigenvalue weighted by Gasteiger charge is -2.34. The van der Waals surface area contributed by atoms with Crippen molar-refractivity contribution in [2.24, 2.45) is 0 Å². The highest BCUT2D eigenvalue weighted by molar-refractivity contribution is 7.21. The van der Waals surface area contributed by atoms with E-state index >= 15 is 0 Å². The van der Waals surface area contributed by atoms with Crippen LogP contribution in [0.4, 0.5) is 0 Å². The average Bonchev–Trinajstić information content (AvgIpc) is 3.47. The van der Waals surface area contributed by atoms with Crippen molar-refractivity contribution in [2.75, 3.05) is 39.3 Å². The Hall–Kier alpha value is -2.26. The number of thiophene rings is 1. The van der Waals surface area contributed by atoms with E-state index in [2.05, 4.69) is 4.98 Å². The molecule has 0 aliphatic carbocycles. The molecule has 142 valence electrons. The van der Waals surface area contributed by atoms with E-state index in [1.54, 1.807) is 32.2 Å². The van der Waals surface area contributed by atoms with Crippen molar-refractivity contribution in [3.8, 4) is 9.88 Å². The van der Waals surface area contributed by atoms with E-state index in [0.717, 1.165) is 22.7 Å². The van der Waals surface area contributed by atoms with Gasteiger partial charge in [-0.3, -0.25) is 14.4 Å². The summed E-state index contributed by atoms with van der Waals surface area (Å²) in [6.45, 7) is 2.98. The first-order chi connectivity index (χ1) is 13.1. The van der Waals surface area contributed by atoms with Crippen molar-refractivity contribution >= 4 is 40.4 Å². The zero-order chi connectivity index (χ0) is 18.8. The molecule has 0 N–H and O–H groups in total. The predicted octanol–water partition coefficient (Wildman–Crippen LogP) is 1.78. The lowest BCUT2D eigenvalue weighted by atomic mass is 10.3.